The summed E-state index contributed by atoms with van der Waals surface area (Å²) in [7, 11) is 0. The number of imidazole rings is 1. The molecule has 20 heavy (non-hydrogen) atoms. The van der Waals surface area contributed by atoms with Gasteiger partial charge in [0.15, 0.2) is 0 Å². The minimum atomic E-state index is -1.08. The molecule has 0 aliphatic heterocycles. The molecule has 0 aliphatic carbocycles. The molecule has 1 unspecified atom stereocenters. The minimum absolute atomic E-state index is 0.118. The van der Waals surface area contributed by atoms with Gasteiger partial charge in [0.1, 0.15) is 6.04 Å². The maximum atomic E-state index is 11.2. The SMILES string of the molecule is CC(=O)O.NCCC(=O)NC(Cc1cnc[nH]1)C(=O)O. The van der Waals surface area contributed by atoms with Gasteiger partial charge in [-0.3, -0.25) is 9.59 Å². The molecule has 0 aromatic carbocycles. The first-order valence-electron chi connectivity index (χ1n) is 5.75. The fraction of sp³-hybridized carbons (Fsp3) is 0.455. The Morgan fingerprint density at radius 3 is 2.45 bits per heavy atom. The Kier molecular flexibility index (Phi) is 8.35. The monoisotopic (exact) mass is 286 g/mol. The number of amides is 1. The minimum Gasteiger partial charge on any atom is -0.481 e. The number of H-pyrrole nitrogens is 1. The molecule has 1 aromatic rings. The van der Waals surface area contributed by atoms with Crippen LogP contribution in [0.5, 0.6) is 0 Å². The molecule has 0 aliphatic rings. The summed E-state index contributed by atoms with van der Waals surface area (Å²) in [6.07, 6.45) is 3.26. The number of hydrogen-bond acceptors (Lipinski definition) is 5. The van der Waals surface area contributed by atoms with Gasteiger partial charge < -0.3 is 26.2 Å². The highest BCUT2D eigenvalue weighted by atomic mass is 16.4. The number of nitrogens with one attached hydrogen (secondary N) is 2. The summed E-state index contributed by atoms with van der Waals surface area (Å²) >= 11 is 0. The molecule has 6 N–H and O–H groups in total. The van der Waals surface area contributed by atoms with Crippen LogP contribution in [0.2, 0.25) is 0 Å². The van der Waals surface area contributed by atoms with E-state index in [-0.39, 0.29) is 25.3 Å². The first-order valence-corrected chi connectivity index (χ1v) is 5.75. The Morgan fingerprint density at radius 2 is 2.05 bits per heavy atom. The van der Waals surface area contributed by atoms with Crippen molar-refractivity contribution in [1.29, 1.82) is 0 Å². The molecule has 0 bridgehead atoms. The molecule has 0 radical (unpaired) electrons. The summed E-state index contributed by atoms with van der Waals surface area (Å²) < 4.78 is 0. The molecular formula is C11H18N4O5. The highest BCUT2D eigenvalue weighted by Gasteiger charge is 2.20. The second-order valence-corrected chi connectivity index (χ2v) is 3.80. The van der Waals surface area contributed by atoms with Crippen LogP contribution in [0.3, 0.4) is 0 Å². The zero-order chi connectivity index (χ0) is 15.5. The van der Waals surface area contributed by atoms with Crippen LogP contribution in [0.25, 0.3) is 0 Å². The number of hydrogen-bond donors (Lipinski definition) is 5. The molecule has 0 saturated carbocycles. The van der Waals surface area contributed by atoms with E-state index in [1.54, 1.807) is 0 Å². The number of carboxylic acid groups (broad SMARTS) is 2. The Morgan fingerprint density at radius 1 is 1.45 bits per heavy atom. The maximum absolute atomic E-state index is 11.2. The summed E-state index contributed by atoms with van der Waals surface area (Å²) in [5.74, 6) is -2.28. The number of rotatable bonds is 6. The largest absolute Gasteiger partial charge is 0.481 e. The van der Waals surface area contributed by atoms with E-state index in [4.69, 9.17) is 20.7 Å². The number of aromatic amines is 1. The fourth-order valence-electron chi connectivity index (χ4n) is 1.21. The molecule has 1 amide bonds. The van der Waals surface area contributed by atoms with Gasteiger partial charge in [-0.15, -0.1) is 0 Å². The molecule has 1 aromatic heterocycles. The predicted octanol–water partition coefficient (Wildman–Crippen LogP) is -1.04. The maximum Gasteiger partial charge on any atom is 0.326 e. The van der Waals surface area contributed by atoms with Crippen LogP contribution in [0, 0.1) is 0 Å². The van der Waals surface area contributed by atoms with Crippen LogP contribution in [0.4, 0.5) is 0 Å². The summed E-state index contributed by atoms with van der Waals surface area (Å²) in [4.78, 5) is 37.6. The average molecular weight is 286 g/mol. The zero-order valence-electron chi connectivity index (χ0n) is 11.0. The lowest BCUT2D eigenvalue weighted by atomic mass is 10.1. The van der Waals surface area contributed by atoms with Crippen molar-refractivity contribution in [2.24, 2.45) is 5.73 Å². The molecule has 0 fully saturated rings. The molecule has 9 heteroatoms. The molecule has 0 spiro atoms. The molecule has 9 nitrogen and oxygen atoms in total. The van der Waals surface area contributed by atoms with Crippen LogP contribution in [-0.2, 0) is 20.8 Å². The average Bonchev–Trinajstić information content (AvgIpc) is 2.80. The topological polar surface area (TPSA) is 158 Å². The van der Waals surface area contributed by atoms with Gasteiger partial charge in [0.05, 0.1) is 6.33 Å². The van der Waals surface area contributed by atoms with Crippen molar-refractivity contribution < 1.29 is 24.6 Å². The number of aromatic nitrogens is 2. The number of carbonyl (C=O) groups is 3. The van der Waals surface area contributed by atoms with Crippen molar-refractivity contribution in [2.75, 3.05) is 6.54 Å². The predicted molar refractivity (Wildman–Crippen MR) is 68.8 cm³/mol. The lowest BCUT2D eigenvalue weighted by Crippen LogP contribution is -2.42. The van der Waals surface area contributed by atoms with Gasteiger partial charge in [-0.25, -0.2) is 9.78 Å². The molecule has 112 valence electrons. The normalized spacial score (nSPS) is 10.9. The zero-order valence-corrected chi connectivity index (χ0v) is 11.0. The quantitative estimate of drug-likeness (QED) is 0.446. The van der Waals surface area contributed by atoms with Crippen LogP contribution >= 0.6 is 0 Å². The van der Waals surface area contributed by atoms with E-state index in [9.17, 15) is 9.59 Å². The second-order valence-electron chi connectivity index (χ2n) is 3.80. The third-order valence-electron chi connectivity index (χ3n) is 1.98. The van der Waals surface area contributed by atoms with E-state index in [2.05, 4.69) is 15.3 Å². The fourth-order valence-corrected chi connectivity index (χ4v) is 1.21. The molecule has 1 atom stereocenters. The lowest BCUT2D eigenvalue weighted by molar-refractivity contribution is -0.141. The van der Waals surface area contributed by atoms with Gasteiger partial charge in [0.25, 0.3) is 5.97 Å². The Bertz CT molecular complexity index is 428. The number of carboxylic acids is 2. The van der Waals surface area contributed by atoms with Gasteiger partial charge in [-0.1, -0.05) is 0 Å². The summed E-state index contributed by atoms with van der Waals surface area (Å²) in [5, 5.41) is 18.7. The van der Waals surface area contributed by atoms with E-state index in [0.717, 1.165) is 6.92 Å². The van der Waals surface area contributed by atoms with E-state index in [1.165, 1.54) is 12.5 Å². The third kappa shape index (κ3) is 8.64. The van der Waals surface area contributed by atoms with Crippen molar-refractivity contribution in [1.82, 2.24) is 15.3 Å². The number of nitrogens with two attached hydrogens (primary N) is 1. The van der Waals surface area contributed by atoms with Crippen LogP contribution < -0.4 is 11.1 Å². The first kappa shape index (κ1) is 17.6. The van der Waals surface area contributed by atoms with Crippen molar-refractivity contribution in [2.45, 2.75) is 25.8 Å². The molecule has 1 heterocycles. The van der Waals surface area contributed by atoms with Gasteiger partial charge in [0.2, 0.25) is 5.91 Å². The van der Waals surface area contributed by atoms with Crippen LogP contribution in [0.15, 0.2) is 12.5 Å². The molecule has 0 saturated heterocycles. The van der Waals surface area contributed by atoms with Crippen molar-refractivity contribution in [3.05, 3.63) is 18.2 Å². The molecule has 1 rings (SSSR count). The Balaban J connectivity index is 0.000000796. The lowest BCUT2D eigenvalue weighted by Gasteiger charge is -2.13. The Labute approximate surface area is 115 Å². The Hall–Kier alpha value is -2.42. The van der Waals surface area contributed by atoms with Crippen LogP contribution in [-0.4, -0.2) is 50.6 Å². The summed E-state index contributed by atoms with van der Waals surface area (Å²) in [6.45, 7) is 1.28. The highest BCUT2D eigenvalue weighted by Crippen LogP contribution is 1.99. The van der Waals surface area contributed by atoms with E-state index in [1.807, 2.05) is 0 Å². The molecular weight excluding hydrogens is 268 g/mol. The van der Waals surface area contributed by atoms with Gasteiger partial charge >= 0.3 is 5.97 Å². The second kappa shape index (κ2) is 9.50. The van der Waals surface area contributed by atoms with Gasteiger partial charge in [0, 0.05) is 38.2 Å². The third-order valence-corrected chi connectivity index (χ3v) is 1.98. The number of nitrogens with zero attached hydrogens (tertiary/aromatic N) is 1. The van der Waals surface area contributed by atoms with E-state index < -0.39 is 18.0 Å². The number of aliphatic carboxylic acids is 2. The first-order chi connectivity index (χ1) is 9.36. The van der Waals surface area contributed by atoms with Crippen molar-refractivity contribution in [3.63, 3.8) is 0 Å². The van der Waals surface area contributed by atoms with Crippen LogP contribution in [0.1, 0.15) is 19.0 Å². The van der Waals surface area contributed by atoms with Crippen molar-refractivity contribution in [3.8, 4) is 0 Å². The highest BCUT2D eigenvalue weighted by molar-refractivity contribution is 5.83. The van der Waals surface area contributed by atoms with Crippen molar-refractivity contribution >= 4 is 17.8 Å². The summed E-state index contributed by atoms with van der Waals surface area (Å²) in [5.41, 5.74) is 5.85. The van der Waals surface area contributed by atoms with Gasteiger partial charge in [-0.2, -0.15) is 0 Å². The smallest absolute Gasteiger partial charge is 0.326 e. The van der Waals surface area contributed by atoms with E-state index in [0.29, 0.717) is 5.69 Å². The standard InChI is InChI=1S/C9H14N4O3.C2H4O2/c10-2-1-8(14)13-7(9(15)16)3-6-4-11-5-12-6;1-2(3)4/h4-5,7H,1-3,10H2,(H,11,12)(H,13,14)(H,15,16);1H3,(H,3,4). The van der Waals surface area contributed by atoms with Gasteiger partial charge in [-0.05, 0) is 0 Å². The van der Waals surface area contributed by atoms with E-state index >= 15 is 0 Å². The summed E-state index contributed by atoms with van der Waals surface area (Å²) in [6, 6.07) is -0.959. The number of carbonyl (C=O) groups excluding carboxylic acids is 1.